The van der Waals surface area contributed by atoms with Crippen LogP contribution >= 0.6 is 0 Å². The van der Waals surface area contributed by atoms with Crippen LogP contribution in [0.15, 0.2) is 0 Å². The van der Waals surface area contributed by atoms with Crippen molar-refractivity contribution in [1.29, 1.82) is 0 Å². The maximum absolute atomic E-state index is 2.41. The zero-order valence-electron chi connectivity index (χ0n) is 54.9. The van der Waals surface area contributed by atoms with Crippen molar-refractivity contribution in [3.05, 3.63) is 0 Å². The summed E-state index contributed by atoms with van der Waals surface area (Å²) < 4.78 is 0. The average Bonchev–Trinajstić information content (AvgIpc) is 2.94. The van der Waals surface area contributed by atoms with Gasteiger partial charge in [-0.3, -0.25) is 0 Å². The molecule has 0 nitrogen and oxygen atoms in total. The van der Waals surface area contributed by atoms with Crippen LogP contribution in [0.2, 0.25) is 0 Å². The predicted octanol–water partition coefficient (Wildman–Crippen LogP) is 24.8. The summed E-state index contributed by atoms with van der Waals surface area (Å²) in [7, 11) is 0. The van der Waals surface area contributed by atoms with Gasteiger partial charge in [-0.05, 0) is 166 Å². The molecule has 0 aromatic heterocycles. The molecule has 0 heterocycles. The van der Waals surface area contributed by atoms with E-state index in [2.05, 4.69) is 249 Å². The molecule has 0 aliphatic carbocycles. The molecule has 0 rings (SSSR count). The second-order valence-electron chi connectivity index (χ2n) is 37.0. The maximum Gasteiger partial charge on any atom is -0.0354 e. The van der Waals surface area contributed by atoms with Crippen LogP contribution in [0.25, 0.3) is 0 Å². The number of unbranched alkanes of at least 4 members (excludes halogenated alkanes) is 1. The van der Waals surface area contributed by atoms with Crippen LogP contribution in [0, 0.1) is 88.7 Å². The highest BCUT2D eigenvalue weighted by atomic mass is 14.4. The molecule has 3 atom stereocenters. The molecule has 0 saturated carbocycles. The third kappa shape index (κ3) is 56.8. The van der Waals surface area contributed by atoms with E-state index in [0.717, 1.165) is 23.7 Å². The summed E-state index contributed by atoms with van der Waals surface area (Å²) in [5, 5.41) is 0. The first kappa shape index (κ1) is 73.5. The fraction of sp³-hybridized carbons (Fsp3) is 1.00. The monoisotopic (exact) mass is 947 g/mol. The van der Waals surface area contributed by atoms with Gasteiger partial charge < -0.3 is 0 Å². The van der Waals surface area contributed by atoms with E-state index in [0.29, 0.717) is 65.0 Å². The smallest absolute Gasteiger partial charge is 0.0354 e. The Morgan fingerprint density at radius 3 is 0.612 bits per heavy atom. The Hall–Kier alpha value is 0. The van der Waals surface area contributed by atoms with Gasteiger partial charge in [0, 0.05) is 0 Å². The van der Waals surface area contributed by atoms with Gasteiger partial charge >= 0.3 is 0 Å². The van der Waals surface area contributed by atoms with E-state index in [1.54, 1.807) is 0 Å². The van der Waals surface area contributed by atoms with Gasteiger partial charge in [-0.25, -0.2) is 0 Å². The Morgan fingerprint density at radius 2 is 0.403 bits per heavy atom. The molecule has 3 unspecified atom stereocenters. The van der Waals surface area contributed by atoms with Gasteiger partial charge in [-0.1, -0.05) is 269 Å². The maximum atomic E-state index is 2.41. The largest absolute Gasteiger partial charge is 0.0602 e. The Balaban J connectivity index is -0.000000395. The van der Waals surface area contributed by atoms with Crippen LogP contribution in [-0.2, 0) is 0 Å². The van der Waals surface area contributed by atoms with Crippen LogP contribution in [0.1, 0.15) is 346 Å². The highest BCUT2D eigenvalue weighted by molar-refractivity contribution is 4.83. The molecule has 67 heavy (non-hydrogen) atoms. The van der Waals surface area contributed by atoms with Crippen molar-refractivity contribution < 1.29 is 0 Å². The standard InChI is InChI=1S/C18H38.C17H36.2C16H34/c1-16(2,3)13-11-10-12-15(18(7,8)9)14-17(4,5)6;1-15(2,3)12-10-11-14(17(7,8)9)13-16(4,5)6;1-14(2,3)10-13(11-15(4,5)6)12-16(7,8)9;1-14(2,3)11-10-13(16(7,8)9)12-15(4,5)6/h15H,10-14H2,1-9H3;14H,10-13H2,1-9H3;2*13H,10-12H2,1-9H3. The minimum Gasteiger partial charge on any atom is -0.0602 e. The van der Waals surface area contributed by atoms with Crippen LogP contribution in [-0.4, -0.2) is 0 Å². The van der Waals surface area contributed by atoms with Crippen LogP contribution < -0.4 is 0 Å². The molecular formula is C67H142. The van der Waals surface area contributed by atoms with Gasteiger partial charge in [0.1, 0.15) is 0 Å². The average molecular weight is 948 g/mol. The molecule has 0 amide bonds. The van der Waals surface area contributed by atoms with Gasteiger partial charge in [-0.15, -0.1) is 0 Å². The summed E-state index contributed by atoms with van der Waals surface area (Å²) in [5.41, 5.74) is 5.56. The molecule has 0 fully saturated rings. The lowest BCUT2D eigenvalue weighted by atomic mass is 9.69. The fourth-order valence-corrected chi connectivity index (χ4v) is 10.1. The summed E-state index contributed by atoms with van der Waals surface area (Å²) in [5.74, 6) is 3.41. The topological polar surface area (TPSA) is 0 Å². The normalized spacial score (nSPS) is 15.7. The van der Waals surface area contributed by atoms with Crippen LogP contribution in [0.5, 0.6) is 0 Å². The van der Waals surface area contributed by atoms with E-state index >= 15 is 0 Å². The van der Waals surface area contributed by atoms with E-state index in [1.165, 1.54) is 96.3 Å². The van der Waals surface area contributed by atoms with Crippen LogP contribution in [0.4, 0.5) is 0 Å². The van der Waals surface area contributed by atoms with E-state index in [1.807, 2.05) is 0 Å². The Kier molecular flexibility index (Phi) is 31.2. The lowest BCUT2D eigenvalue weighted by molar-refractivity contribution is 0.138. The minimum absolute atomic E-state index is 0.443. The summed E-state index contributed by atoms with van der Waals surface area (Å²) in [6, 6.07) is 0. The second kappa shape index (κ2) is 28.5. The van der Waals surface area contributed by atoms with Crippen molar-refractivity contribution in [1.82, 2.24) is 0 Å². The molecule has 0 aliphatic rings. The van der Waals surface area contributed by atoms with Crippen molar-refractivity contribution in [2.45, 2.75) is 346 Å². The molecule has 0 spiro atoms. The molecule has 410 valence electrons. The van der Waals surface area contributed by atoms with Gasteiger partial charge in [0.05, 0.1) is 0 Å². The Morgan fingerprint density at radius 1 is 0.194 bits per heavy atom. The van der Waals surface area contributed by atoms with E-state index in [-0.39, 0.29) is 0 Å². The third-order valence-electron chi connectivity index (χ3n) is 13.4. The van der Waals surface area contributed by atoms with Gasteiger partial charge in [0.2, 0.25) is 0 Å². The van der Waals surface area contributed by atoms with Crippen molar-refractivity contribution in [3.8, 4) is 0 Å². The number of hydrogen-bond acceptors (Lipinski definition) is 0. The molecule has 0 radical (unpaired) electrons. The first-order chi connectivity index (χ1) is 28.7. The molecule has 0 aromatic rings. The predicted molar refractivity (Wildman–Crippen MR) is 317 cm³/mol. The highest BCUT2D eigenvalue weighted by Gasteiger charge is 2.32. The summed E-state index contributed by atoms with van der Waals surface area (Å²) in [6.45, 7) is 85.4. The molecular weight excluding hydrogens is 805 g/mol. The van der Waals surface area contributed by atoms with E-state index < -0.39 is 0 Å². The Bertz CT molecular complexity index is 1160. The van der Waals surface area contributed by atoms with E-state index in [9.17, 15) is 0 Å². The number of hydrogen-bond donors (Lipinski definition) is 0. The third-order valence-corrected chi connectivity index (χ3v) is 13.4. The summed E-state index contributed by atoms with van der Waals surface area (Å²) in [4.78, 5) is 0. The van der Waals surface area contributed by atoms with E-state index in [4.69, 9.17) is 0 Å². The number of rotatable bonds is 15. The quantitative estimate of drug-likeness (QED) is 0.144. The van der Waals surface area contributed by atoms with Gasteiger partial charge in [-0.2, -0.15) is 0 Å². The molecule has 0 N–H and O–H groups in total. The highest BCUT2D eigenvalue weighted by Crippen LogP contribution is 2.43. The fourth-order valence-electron chi connectivity index (χ4n) is 10.1. The first-order valence-electron chi connectivity index (χ1n) is 28.7. The van der Waals surface area contributed by atoms with Crippen molar-refractivity contribution in [2.24, 2.45) is 88.7 Å². The molecule has 0 aromatic carbocycles. The molecule has 0 saturated heterocycles. The van der Waals surface area contributed by atoms with Crippen molar-refractivity contribution >= 4 is 0 Å². The first-order valence-corrected chi connectivity index (χ1v) is 28.7. The lowest BCUT2D eigenvalue weighted by Crippen LogP contribution is -2.26. The second-order valence-corrected chi connectivity index (χ2v) is 37.0. The molecule has 0 heteroatoms. The van der Waals surface area contributed by atoms with Crippen LogP contribution in [0.3, 0.4) is 0 Å². The van der Waals surface area contributed by atoms with Gasteiger partial charge in [0.25, 0.3) is 0 Å². The molecule has 0 aliphatic heterocycles. The summed E-state index contributed by atoms with van der Waals surface area (Å²) in [6.07, 6.45) is 20.5. The van der Waals surface area contributed by atoms with Crippen molar-refractivity contribution in [2.75, 3.05) is 0 Å². The Labute approximate surface area is 432 Å². The lowest BCUT2D eigenvalue weighted by Gasteiger charge is -2.37. The zero-order valence-corrected chi connectivity index (χ0v) is 54.9. The summed E-state index contributed by atoms with van der Waals surface area (Å²) >= 11 is 0. The SMILES string of the molecule is CC(C)(C)CC(CC(C)(C)C)CC(C)(C)C.CC(C)(C)CCC(CC(C)(C)C)C(C)(C)C.CC(C)(C)CCCC(CC(C)(C)C)C(C)(C)C.CC(C)(C)CCCCC(CC(C)(C)C)C(C)(C)C. The van der Waals surface area contributed by atoms with Gasteiger partial charge in [0.15, 0.2) is 0 Å². The minimum atomic E-state index is 0.443. The van der Waals surface area contributed by atoms with Crippen molar-refractivity contribution in [3.63, 3.8) is 0 Å². The zero-order chi connectivity index (χ0) is 54.9. The molecule has 0 bridgehead atoms.